The quantitative estimate of drug-likeness (QED) is 0.0986. The van der Waals surface area contributed by atoms with Crippen LogP contribution in [0.5, 0.6) is 5.75 Å². The van der Waals surface area contributed by atoms with Gasteiger partial charge in [-0.3, -0.25) is 4.79 Å². The molecule has 0 aliphatic rings. The molecule has 0 heterocycles. The van der Waals surface area contributed by atoms with Gasteiger partial charge in [-0.25, -0.2) is 9.59 Å². The number of benzene rings is 2. The van der Waals surface area contributed by atoms with E-state index in [0.717, 1.165) is 24.2 Å². The highest BCUT2D eigenvalue weighted by molar-refractivity contribution is 6.38. The fraction of sp³-hybridized carbons (Fsp3) is 0.370. The summed E-state index contributed by atoms with van der Waals surface area (Å²) in [5.41, 5.74) is 7.75. The molecular formula is C27H34Cl2N2O8. The Balaban J connectivity index is 0.000000824. The lowest BCUT2D eigenvalue weighted by molar-refractivity contribution is -0.142. The van der Waals surface area contributed by atoms with Gasteiger partial charge in [0.05, 0.1) is 34.4 Å². The molecule has 0 radical (unpaired) electrons. The number of aryl methyl sites for hydroxylation is 1. The number of hydrogen-bond acceptors (Lipinski definition) is 7. The summed E-state index contributed by atoms with van der Waals surface area (Å²) in [4.78, 5) is 30.6. The third-order valence-electron chi connectivity index (χ3n) is 5.45. The van der Waals surface area contributed by atoms with Crippen LogP contribution in [0, 0.1) is 12.8 Å². The topological polar surface area (TPSA) is 179 Å². The lowest BCUT2D eigenvalue weighted by atomic mass is 9.99. The van der Waals surface area contributed by atoms with Crippen molar-refractivity contribution in [1.29, 1.82) is 0 Å². The highest BCUT2D eigenvalue weighted by Gasteiger charge is 2.17. The van der Waals surface area contributed by atoms with Crippen LogP contribution in [-0.2, 0) is 14.4 Å². The number of unbranched alkanes of at least 4 members (excludes halogenated alkanes) is 1. The van der Waals surface area contributed by atoms with Crippen LogP contribution >= 0.6 is 23.2 Å². The zero-order valence-corrected chi connectivity index (χ0v) is 23.0. The maximum Gasteiger partial charge on any atom is 0.328 e. The van der Waals surface area contributed by atoms with Crippen LogP contribution in [0.15, 0.2) is 48.6 Å². The summed E-state index contributed by atoms with van der Waals surface area (Å²) >= 11 is 12.0. The molecule has 0 bridgehead atoms. The van der Waals surface area contributed by atoms with E-state index in [1.165, 1.54) is 0 Å². The molecular weight excluding hydrogens is 551 g/mol. The number of anilines is 1. The second kappa shape index (κ2) is 18.1. The predicted molar refractivity (Wildman–Crippen MR) is 149 cm³/mol. The Kier molecular flexibility index (Phi) is 15.6. The van der Waals surface area contributed by atoms with Gasteiger partial charge in [0, 0.05) is 18.7 Å². The molecule has 0 saturated carbocycles. The largest absolute Gasteiger partial charge is 0.494 e. The third kappa shape index (κ3) is 14.4. The maximum atomic E-state index is 11.5. The monoisotopic (exact) mass is 584 g/mol. The van der Waals surface area contributed by atoms with E-state index < -0.39 is 29.9 Å². The molecule has 2 aromatic rings. The molecule has 214 valence electrons. The number of halogens is 2. The second-order valence-electron chi connectivity index (χ2n) is 8.61. The first-order chi connectivity index (χ1) is 18.4. The molecule has 2 aromatic carbocycles. The highest BCUT2D eigenvalue weighted by Crippen LogP contribution is 2.31. The molecule has 0 saturated heterocycles. The summed E-state index contributed by atoms with van der Waals surface area (Å²) in [7, 11) is 0. The van der Waals surface area contributed by atoms with Crippen LogP contribution in [0.1, 0.15) is 42.9 Å². The minimum atomic E-state index is -1.26. The Morgan fingerprint density at radius 2 is 1.54 bits per heavy atom. The number of aliphatic hydroxyl groups excluding tert-OH is 1. The second-order valence-corrected chi connectivity index (χ2v) is 9.42. The summed E-state index contributed by atoms with van der Waals surface area (Å²) < 4.78 is 5.65. The molecule has 2 atom stereocenters. The number of aliphatic hydroxyl groups is 1. The Morgan fingerprint density at radius 3 is 2.05 bits per heavy atom. The van der Waals surface area contributed by atoms with Crippen molar-refractivity contribution >= 4 is 46.8 Å². The van der Waals surface area contributed by atoms with E-state index in [2.05, 4.69) is 5.32 Å². The fourth-order valence-corrected chi connectivity index (χ4v) is 3.78. The first-order valence-electron chi connectivity index (χ1n) is 12.1. The van der Waals surface area contributed by atoms with E-state index in [-0.39, 0.29) is 0 Å². The van der Waals surface area contributed by atoms with E-state index in [1.54, 1.807) is 12.1 Å². The molecule has 10 nitrogen and oxygen atoms in total. The van der Waals surface area contributed by atoms with Gasteiger partial charge < -0.3 is 36.2 Å². The van der Waals surface area contributed by atoms with Gasteiger partial charge >= 0.3 is 17.9 Å². The maximum absolute atomic E-state index is 11.5. The zero-order chi connectivity index (χ0) is 29.4. The van der Waals surface area contributed by atoms with Crippen LogP contribution in [0.4, 0.5) is 5.69 Å². The van der Waals surface area contributed by atoms with Crippen molar-refractivity contribution in [2.24, 2.45) is 5.92 Å². The van der Waals surface area contributed by atoms with E-state index in [0.29, 0.717) is 66.0 Å². The Morgan fingerprint density at radius 1 is 0.974 bits per heavy atom. The van der Waals surface area contributed by atoms with Gasteiger partial charge in [-0.2, -0.15) is 0 Å². The number of nitrogens with one attached hydrogen (secondary N) is 1. The van der Waals surface area contributed by atoms with E-state index >= 15 is 0 Å². The molecule has 0 aliphatic heterocycles. The molecule has 0 aromatic heterocycles. The predicted octanol–water partition coefficient (Wildman–Crippen LogP) is 4.56. The number of aliphatic carboxylic acids is 3. The average molecular weight is 585 g/mol. The molecule has 7 N–H and O–H groups in total. The summed E-state index contributed by atoms with van der Waals surface area (Å²) in [5, 5.41) is 39.1. The van der Waals surface area contributed by atoms with Crippen molar-refractivity contribution < 1.29 is 39.5 Å². The van der Waals surface area contributed by atoms with Crippen LogP contribution in [-0.4, -0.2) is 58.0 Å². The Bertz CT molecular complexity index is 1070. The van der Waals surface area contributed by atoms with Crippen molar-refractivity contribution in [1.82, 2.24) is 5.32 Å². The molecule has 2 unspecified atom stereocenters. The smallest absolute Gasteiger partial charge is 0.328 e. The first-order valence-corrected chi connectivity index (χ1v) is 12.9. The Labute approximate surface area is 237 Å². The molecule has 0 amide bonds. The summed E-state index contributed by atoms with van der Waals surface area (Å²) in [6.07, 6.45) is 2.97. The number of hydrogen-bond donors (Lipinski definition) is 6. The van der Waals surface area contributed by atoms with Crippen LogP contribution in [0.25, 0.3) is 0 Å². The van der Waals surface area contributed by atoms with Gasteiger partial charge in [0.1, 0.15) is 5.75 Å². The first kappa shape index (κ1) is 33.7. The SMILES string of the molecule is Cc1ccc(OCCC(CCCCNCC(O)c2cc(Cl)c(N)c(Cl)c2)C(=O)O)cc1.O=C(O)/C=C\C(=O)O. The normalized spacial score (nSPS) is 12.3. The minimum Gasteiger partial charge on any atom is -0.494 e. The standard InChI is InChI=1S/C23H30Cl2N2O4.C4H4O4/c1-15-5-7-18(8-6-15)31-11-9-16(23(29)30)4-2-3-10-27-14-21(28)17-12-19(24)22(26)20(25)13-17;5-3(6)1-2-4(7)8/h5-8,12-13,16,21,27-28H,2-4,9-11,14,26H2,1H3,(H,29,30);1-2H,(H,5,6)(H,7,8)/b;2-1-. The van der Waals surface area contributed by atoms with Gasteiger partial charge in [0.15, 0.2) is 0 Å². The Hall–Kier alpha value is -3.31. The molecule has 0 fully saturated rings. The molecule has 0 aliphatic carbocycles. The van der Waals surface area contributed by atoms with Crippen LogP contribution < -0.4 is 15.8 Å². The van der Waals surface area contributed by atoms with Gasteiger partial charge in [-0.15, -0.1) is 0 Å². The lowest BCUT2D eigenvalue weighted by Crippen LogP contribution is -2.23. The van der Waals surface area contributed by atoms with Gasteiger partial charge in [-0.05, 0) is 62.6 Å². The van der Waals surface area contributed by atoms with E-state index in [1.807, 2.05) is 31.2 Å². The molecule has 0 spiro atoms. The minimum absolute atomic E-state index is 0.296. The molecule has 2 rings (SSSR count). The summed E-state index contributed by atoms with van der Waals surface area (Å²) in [6, 6.07) is 10.9. The number of nitrogens with two attached hydrogens (primary N) is 1. The molecule has 12 heteroatoms. The van der Waals surface area contributed by atoms with E-state index in [4.69, 9.17) is 43.9 Å². The van der Waals surface area contributed by atoms with Crippen molar-refractivity contribution in [3.8, 4) is 5.75 Å². The number of carboxylic acids is 3. The number of ether oxygens (including phenoxy) is 1. The van der Waals surface area contributed by atoms with Gasteiger partial charge in [0.2, 0.25) is 0 Å². The van der Waals surface area contributed by atoms with Crippen LogP contribution in [0.3, 0.4) is 0 Å². The average Bonchev–Trinajstić information content (AvgIpc) is 2.87. The lowest BCUT2D eigenvalue weighted by Gasteiger charge is -2.15. The fourth-order valence-electron chi connectivity index (χ4n) is 3.28. The van der Waals surface area contributed by atoms with Crippen molar-refractivity contribution in [2.75, 3.05) is 25.4 Å². The highest BCUT2D eigenvalue weighted by atomic mass is 35.5. The zero-order valence-electron chi connectivity index (χ0n) is 21.5. The van der Waals surface area contributed by atoms with Crippen molar-refractivity contribution in [3.05, 3.63) is 69.7 Å². The number of rotatable bonds is 15. The van der Waals surface area contributed by atoms with Crippen molar-refractivity contribution in [3.63, 3.8) is 0 Å². The van der Waals surface area contributed by atoms with Crippen molar-refractivity contribution in [2.45, 2.75) is 38.7 Å². The van der Waals surface area contributed by atoms with Gasteiger partial charge in [0.25, 0.3) is 0 Å². The third-order valence-corrected chi connectivity index (χ3v) is 6.08. The summed E-state index contributed by atoms with van der Waals surface area (Å²) in [5.74, 6) is -3.00. The number of carbonyl (C=O) groups is 3. The molecule has 39 heavy (non-hydrogen) atoms. The number of carboxylic acid groups (broad SMARTS) is 3. The van der Waals surface area contributed by atoms with Crippen LogP contribution in [0.2, 0.25) is 10.0 Å². The number of nitrogen functional groups attached to an aromatic ring is 1. The van der Waals surface area contributed by atoms with Gasteiger partial charge in [-0.1, -0.05) is 47.3 Å². The summed E-state index contributed by atoms with van der Waals surface area (Å²) in [6.45, 7) is 3.38. The van der Waals surface area contributed by atoms with E-state index in [9.17, 15) is 24.6 Å².